The van der Waals surface area contributed by atoms with E-state index in [1.807, 2.05) is 0 Å². The van der Waals surface area contributed by atoms with Crippen molar-refractivity contribution in [2.24, 2.45) is 0 Å². The smallest absolute Gasteiger partial charge is 0.481 e. The highest BCUT2D eigenvalue weighted by molar-refractivity contribution is 6.17. The van der Waals surface area contributed by atoms with Crippen molar-refractivity contribution in [1.82, 2.24) is 0 Å². The maximum atomic E-state index is 12.2. The Hall–Kier alpha value is -1.94. The summed E-state index contributed by atoms with van der Waals surface area (Å²) in [6.07, 6.45) is -5.73. The number of hydrogen-bond donors (Lipinski definition) is 1. The van der Waals surface area contributed by atoms with Crippen LogP contribution in [0.3, 0.4) is 0 Å². The van der Waals surface area contributed by atoms with Crippen molar-refractivity contribution < 1.29 is 27.8 Å². The lowest BCUT2D eigenvalue weighted by atomic mass is 10.0. The monoisotopic (exact) mass is 293 g/mol. The Morgan fingerprint density at radius 2 is 2.11 bits per heavy atom. The number of carboxylic acid groups (broad SMARTS) is 1. The molecule has 1 N–H and O–H groups in total. The highest BCUT2D eigenvalue weighted by Gasteiger charge is 2.33. The molecule has 0 atom stereocenters. The van der Waals surface area contributed by atoms with Crippen LogP contribution in [0.1, 0.15) is 16.7 Å². The summed E-state index contributed by atoms with van der Waals surface area (Å²) in [6.45, 7) is 0. The number of carboxylic acids is 1. The van der Waals surface area contributed by atoms with Crippen LogP contribution in [-0.2, 0) is 17.1 Å². The van der Waals surface area contributed by atoms with Crippen molar-refractivity contribution in [1.29, 1.82) is 5.26 Å². The minimum absolute atomic E-state index is 0.129. The Balaban J connectivity index is 3.38. The number of alkyl halides is 4. The first kappa shape index (κ1) is 15.1. The highest BCUT2D eigenvalue weighted by Crippen LogP contribution is 2.31. The first-order valence-electron chi connectivity index (χ1n) is 4.86. The predicted octanol–water partition coefficient (Wildman–Crippen LogP) is 2.82. The maximum absolute atomic E-state index is 12.2. The second-order valence-electron chi connectivity index (χ2n) is 3.48. The van der Waals surface area contributed by atoms with E-state index in [0.29, 0.717) is 0 Å². The van der Waals surface area contributed by atoms with Gasteiger partial charge in [-0.25, -0.2) is 0 Å². The Morgan fingerprint density at radius 3 is 2.53 bits per heavy atom. The molecule has 19 heavy (non-hydrogen) atoms. The van der Waals surface area contributed by atoms with Gasteiger partial charge >= 0.3 is 12.3 Å². The lowest BCUT2D eigenvalue weighted by Gasteiger charge is -2.14. The van der Waals surface area contributed by atoms with Gasteiger partial charge in [-0.1, -0.05) is 0 Å². The van der Waals surface area contributed by atoms with Crippen LogP contribution in [0.5, 0.6) is 5.75 Å². The Kier molecular flexibility index (Phi) is 4.62. The van der Waals surface area contributed by atoms with Gasteiger partial charge in [0.25, 0.3) is 0 Å². The van der Waals surface area contributed by atoms with Crippen molar-refractivity contribution in [2.75, 3.05) is 0 Å². The number of ether oxygens (including phenoxy) is 1. The molecule has 0 spiro atoms. The van der Waals surface area contributed by atoms with Gasteiger partial charge in [0, 0.05) is 11.4 Å². The third kappa shape index (κ3) is 4.34. The van der Waals surface area contributed by atoms with Crippen LogP contribution in [0.4, 0.5) is 13.2 Å². The average Bonchev–Trinajstić information content (AvgIpc) is 2.28. The molecule has 1 aromatic rings. The van der Waals surface area contributed by atoms with Gasteiger partial charge in [-0.2, -0.15) is 5.26 Å². The summed E-state index contributed by atoms with van der Waals surface area (Å²) < 4.78 is 40.5. The summed E-state index contributed by atoms with van der Waals surface area (Å²) >= 11 is 5.49. The van der Waals surface area contributed by atoms with E-state index in [-0.39, 0.29) is 22.6 Å². The van der Waals surface area contributed by atoms with Crippen molar-refractivity contribution in [3.63, 3.8) is 0 Å². The average molecular weight is 294 g/mol. The topological polar surface area (TPSA) is 70.3 Å². The van der Waals surface area contributed by atoms with Crippen molar-refractivity contribution in [3.8, 4) is 11.8 Å². The molecule has 0 radical (unpaired) electrons. The zero-order valence-electron chi connectivity index (χ0n) is 9.29. The fraction of sp³-hybridized carbons (Fsp3) is 0.273. The van der Waals surface area contributed by atoms with Crippen LogP contribution in [0.25, 0.3) is 0 Å². The predicted molar refractivity (Wildman–Crippen MR) is 58.7 cm³/mol. The van der Waals surface area contributed by atoms with Crippen LogP contribution < -0.4 is 4.74 Å². The summed E-state index contributed by atoms with van der Waals surface area (Å²) in [6, 6.07) is 3.83. The van der Waals surface area contributed by atoms with Crippen LogP contribution >= 0.6 is 11.6 Å². The number of carbonyl (C=O) groups is 1. The van der Waals surface area contributed by atoms with Gasteiger partial charge in [0.1, 0.15) is 5.75 Å². The molecule has 0 unspecified atom stereocenters. The SMILES string of the molecule is N#Cc1cc(CCl)cc(OC(F)(F)F)c1CC(=O)O. The van der Waals surface area contributed by atoms with Gasteiger partial charge in [0.2, 0.25) is 0 Å². The lowest BCUT2D eigenvalue weighted by molar-refractivity contribution is -0.275. The van der Waals surface area contributed by atoms with E-state index in [0.717, 1.165) is 6.07 Å². The van der Waals surface area contributed by atoms with E-state index in [1.165, 1.54) is 6.07 Å². The third-order valence-corrected chi connectivity index (χ3v) is 2.41. The molecular weight excluding hydrogens is 287 g/mol. The van der Waals surface area contributed by atoms with E-state index in [2.05, 4.69) is 4.74 Å². The summed E-state index contributed by atoms with van der Waals surface area (Å²) in [4.78, 5) is 10.6. The van der Waals surface area contributed by atoms with Crippen molar-refractivity contribution >= 4 is 17.6 Å². The normalized spacial score (nSPS) is 10.9. The van der Waals surface area contributed by atoms with Gasteiger partial charge in [-0.05, 0) is 17.7 Å². The lowest BCUT2D eigenvalue weighted by Crippen LogP contribution is -2.19. The zero-order chi connectivity index (χ0) is 14.6. The minimum atomic E-state index is -4.98. The Labute approximate surface area is 111 Å². The summed E-state index contributed by atoms with van der Waals surface area (Å²) in [5.74, 6) is -2.22. The van der Waals surface area contributed by atoms with E-state index in [1.54, 1.807) is 6.07 Å². The number of halogens is 4. The van der Waals surface area contributed by atoms with Gasteiger partial charge < -0.3 is 9.84 Å². The van der Waals surface area contributed by atoms with Crippen LogP contribution in [0, 0.1) is 11.3 Å². The Bertz CT molecular complexity index is 537. The number of hydrogen-bond acceptors (Lipinski definition) is 3. The molecule has 0 aliphatic carbocycles. The maximum Gasteiger partial charge on any atom is 0.573 e. The highest BCUT2D eigenvalue weighted by atomic mass is 35.5. The van der Waals surface area contributed by atoms with Gasteiger partial charge in [0.15, 0.2) is 0 Å². The second-order valence-corrected chi connectivity index (χ2v) is 3.75. The molecule has 0 aromatic heterocycles. The summed E-state index contributed by atoms with van der Waals surface area (Å²) in [5, 5.41) is 17.5. The molecule has 0 heterocycles. The quantitative estimate of drug-likeness (QED) is 0.867. The van der Waals surface area contributed by atoms with E-state index in [4.69, 9.17) is 22.0 Å². The van der Waals surface area contributed by atoms with E-state index in [9.17, 15) is 18.0 Å². The molecule has 0 aliphatic rings. The largest absolute Gasteiger partial charge is 0.573 e. The Morgan fingerprint density at radius 1 is 1.47 bits per heavy atom. The number of rotatable bonds is 4. The summed E-state index contributed by atoms with van der Waals surface area (Å²) in [5.41, 5.74) is -0.312. The fourth-order valence-electron chi connectivity index (χ4n) is 1.43. The van der Waals surface area contributed by atoms with Crippen molar-refractivity contribution in [2.45, 2.75) is 18.7 Å². The first-order chi connectivity index (χ1) is 8.76. The number of aliphatic carboxylic acids is 1. The van der Waals surface area contributed by atoms with Gasteiger partial charge in [0.05, 0.1) is 18.1 Å². The van der Waals surface area contributed by atoms with E-state index < -0.39 is 24.5 Å². The molecule has 8 heteroatoms. The number of nitriles is 1. The van der Waals surface area contributed by atoms with Crippen molar-refractivity contribution in [3.05, 3.63) is 28.8 Å². The minimum Gasteiger partial charge on any atom is -0.481 e. The molecule has 0 fully saturated rings. The molecule has 4 nitrogen and oxygen atoms in total. The molecule has 0 bridgehead atoms. The zero-order valence-corrected chi connectivity index (χ0v) is 10.0. The fourth-order valence-corrected chi connectivity index (χ4v) is 1.58. The molecule has 0 saturated carbocycles. The number of benzene rings is 1. The first-order valence-corrected chi connectivity index (χ1v) is 5.39. The number of nitrogens with zero attached hydrogens (tertiary/aromatic N) is 1. The summed E-state index contributed by atoms with van der Waals surface area (Å²) in [7, 11) is 0. The molecular formula is C11H7ClF3NO3. The molecule has 102 valence electrons. The van der Waals surface area contributed by atoms with Crippen LogP contribution in [0.15, 0.2) is 12.1 Å². The third-order valence-electron chi connectivity index (χ3n) is 2.10. The molecule has 1 rings (SSSR count). The van der Waals surface area contributed by atoms with Crippen LogP contribution in [0.2, 0.25) is 0 Å². The van der Waals surface area contributed by atoms with E-state index >= 15 is 0 Å². The molecule has 1 aromatic carbocycles. The van der Waals surface area contributed by atoms with Crippen LogP contribution in [-0.4, -0.2) is 17.4 Å². The molecule has 0 aliphatic heterocycles. The molecule has 0 saturated heterocycles. The standard InChI is InChI=1S/C11H7ClF3NO3/c12-4-6-1-7(5-16)8(3-10(17)18)9(2-6)19-11(13,14)15/h1-2H,3-4H2,(H,17,18). The van der Waals surface area contributed by atoms with Gasteiger partial charge in [-0.3, -0.25) is 4.79 Å². The van der Waals surface area contributed by atoms with Gasteiger partial charge in [-0.15, -0.1) is 24.8 Å². The second kappa shape index (κ2) is 5.80. The molecule has 0 amide bonds.